The second-order valence-corrected chi connectivity index (χ2v) is 6.23. The highest BCUT2D eigenvalue weighted by Crippen LogP contribution is 2.42. The molecule has 3 rings (SSSR count). The van der Waals surface area contributed by atoms with Crippen molar-refractivity contribution in [3.8, 4) is 11.5 Å². The Balaban J connectivity index is 1.79. The predicted molar refractivity (Wildman–Crippen MR) is 91.6 cm³/mol. The van der Waals surface area contributed by atoms with Crippen LogP contribution in [0.25, 0.3) is 0 Å². The number of carbonyl (C=O) groups is 1. The molecule has 0 N–H and O–H groups in total. The average molecular weight is 393 g/mol. The van der Waals surface area contributed by atoms with Gasteiger partial charge in [0.05, 0.1) is 12.7 Å². The van der Waals surface area contributed by atoms with E-state index in [0.29, 0.717) is 11.3 Å². The molecular formula is C18H17BrO5. The lowest BCUT2D eigenvalue weighted by Gasteiger charge is -2.09. The Labute approximate surface area is 148 Å². The van der Waals surface area contributed by atoms with Crippen molar-refractivity contribution in [1.82, 2.24) is 0 Å². The van der Waals surface area contributed by atoms with E-state index in [9.17, 15) is 4.79 Å². The monoisotopic (exact) mass is 392 g/mol. The molecule has 2 atom stereocenters. The summed E-state index contributed by atoms with van der Waals surface area (Å²) in [6.45, 7) is 0.0761. The molecule has 2 aromatic carbocycles. The maximum Gasteiger partial charge on any atom is 0.198 e. The number of hydrogen-bond acceptors (Lipinski definition) is 5. The number of carbonyl (C=O) groups excluding carboxylic acids is 1. The lowest BCUT2D eigenvalue weighted by Crippen LogP contribution is -2.11. The van der Waals surface area contributed by atoms with Gasteiger partial charge in [-0.1, -0.05) is 28.1 Å². The van der Waals surface area contributed by atoms with E-state index in [2.05, 4.69) is 15.9 Å². The molecule has 1 fully saturated rings. The standard InChI is InChI=1S/C18H17BrO5/c1-21-10-23-15-7-6-12(19)9-14(15)16(20)18-17(24-18)11-4-3-5-13(8-11)22-2/h3-9,17-18H,10H2,1-2H3/t17-,18+/m1/s1. The third kappa shape index (κ3) is 3.61. The van der Waals surface area contributed by atoms with Crippen LogP contribution in [-0.2, 0) is 9.47 Å². The zero-order valence-corrected chi connectivity index (χ0v) is 14.9. The molecule has 1 saturated heterocycles. The molecule has 0 radical (unpaired) electrons. The van der Waals surface area contributed by atoms with Gasteiger partial charge in [-0.15, -0.1) is 0 Å². The number of rotatable bonds is 7. The first kappa shape index (κ1) is 17.0. The Morgan fingerprint density at radius 2 is 2.04 bits per heavy atom. The van der Waals surface area contributed by atoms with E-state index in [0.717, 1.165) is 15.8 Å². The first-order valence-electron chi connectivity index (χ1n) is 7.39. The molecule has 0 spiro atoms. The van der Waals surface area contributed by atoms with Gasteiger partial charge >= 0.3 is 0 Å². The minimum absolute atomic E-state index is 0.0761. The molecule has 5 nitrogen and oxygen atoms in total. The second-order valence-electron chi connectivity index (χ2n) is 5.31. The fourth-order valence-corrected chi connectivity index (χ4v) is 2.84. The SMILES string of the molecule is COCOc1ccc(Br)cc1C(=O)[C@@H]1O[C@@H]1c1cccc(OC)c1. The highest BCUT2D eigenvalue weighted by molar-refractivity contribution is 9.10. The highest BCUT2D eigenvalue weighted by atomic mass is 79.9. The zero-order chi connectivity index (χ0) is 17.1. The van der Waals surface area contributed by atoms with Gasteiger partial charge in [0.1, 0.15) is 17.6 Å². The van der Waals surface area contributed by atoms with E-state index < -0.39 is 6.10 Å². The van der Waals surface area contributed by atoms with Crippen molar-refractivity contribution in [2.75, 3.05) is 21.0 Å². The molecule has 24 heavy (non-hydrogen) atoms. The Bertz CT molecular complexity index is 746. The van der Waals surface area contributed by atoms with Crippen LogP contribution in [0.1, 0.15) is 22.0 Å². The van der Waals surface area contributed by atoms with Crippen molar-refractivity contribution in [2.45, 2.75) is 12.2 Å². The topological polar surface area (TPSA) is 57.3 Å². The van der Waals surface area contributed by atoms with Gasteiger partial charge in [0, 0.05) is 11.6 Å². The molecule has 0 amide bonds. The van der Waals surface area contributed by atoms with E-state index in [4.69, 9.17) is 18.9 Å². The van der Waals surface area contributed by atoms with Gasteiger partial charge in [0.25, 0.3) is 0 Å². The fourth-order valence-electron chi connectivity index (χ4n) is 2.48. The smallest absolute Gasteiger partial charge is 0.198 e. The zero-order valence-electron chi connectivity index (χ0n) is 13.3. The summed E-state index contributed by atoms with van der Waals surface area (Å²) in [5.74, 6) is 1.10. The molecule has 0 aromatic heterocycles. The number of halogens is 1. The van der Waals surface area contributed by atoms with Crippen molar-refractivity contribution in [2.24, 2.45) is 0 Å². The molecule has 0 saturated carbocycles. The number of epoxide rings is 1. The van der Waals surface area contributed by atoms with Crippen LogP contribution in [0.15, 0.2) is 46.9 Å². The van der Waals surface area contributed by atoms with Gasteiger partial charge in [-0.2, -0.15) is 0 Å². The summed E-state index contributed by atoms with van der Waals surface area (Å²) in [5, 5.41) is 0. The van der Waals surface area contributed by atoms with Crippen LogP contribution < -0.4 is 9.47 Å². The van der Waals surface area contributed by atoms with Crippen LogP contribution in [-0.4, -0.2) is 32.9 Å². The van der Waals surface area contributed by atoms with Crippen molar-refractivity contribution < 1.29 is 23.7 Å². The third-order valence-electron chi connectivity index (χ3n) is 3.71. The molecule has 0 bridgehead atoms. The fraction of sp³-hybridized carbons (Fsp3) is 0.278. The van der Waals surface area contributed by atoms with Crippen LogP contribution in [0.4, 0.5) is 0 Å². The Morgan fingerprint density at radius 3 is 2.79 bits per heavy atom. The van der Waals surface area contributed by atoms with Gasteiger partial charge < -0.3 is 18.9 Å². The lowest BCUT2D eigenvalue weighted by atomic mass is 10.0. The van der Waals surface area contributed by atoms with Gasteiger partial charge in [-0.05, 0) is 35.9 Å². The van der Waals surface area contributed by atoms with Gasteiger partial charge in [-0.3, -0.25) is 4.79 Å². The summed E-state index contributed by atoms with van der Waals surface area (Å²) >= 11 is 3.38. The third-order valence-corrected chi connectivity index (χ3v) is 4.20. The van der Waals surface area contributed by atoms with Crippen molar-refractivity contribution in [3.05, 3.63) is 58.1 Å². The number of methoxy groups -OCH3 is 2. The predicted octanol–water partition coefficient (Wildman–Crippen LogP) is 3.76. The molecule has 126 valence electrons. The molecular weight excluding hydrogens is 376 g/mol. The number of Topliss-reactive ketones (excluding diaryl/α,β-unsaturated/α-hetero) is 1. The molecule has 0 unspecified atom stereocenters. The van der Waals surface area contributed by atoms with Gasteiger partial charge in [0.2, 0.25) is 0 Å². The van der Waals surface area contributed by atoms with Crippen LogP contribution in [0.5, 0.6) is 11.5 Å². The van der Waals surface area contributed by atoms with Crippen LogP contribution in [0.2, 0.25) is 0 Å². The quantitative estimate of drug-likeness (QED) is 0.407. The largest absolute Gasteiger partial charge is 0.497 e. The summed E-state index contributed by atoms with van der Waals surface area (Å²) in [7, 11) is 3.14. The Morgan fingerprint density at radius 1 is 1.21 bits per heavy atom. The number of hydrogen-bond donors (Lipinski definition) is 0. The van der Waals surface area contributed by atoms with Crippen molar-refractivity contribution in [3.63, 3.8) is 0 Å². The number of benzene rings is 2. The molecule has 1 heterocycles. The summed E-state index contributed by atoms with van der Waals surface area (Å²) in [6, 6.07) is 12.8. The minimum Gasteiger partial charge on any atom is -0.497 e. The second kappa shape index (κ2) is 7.34. The Hall–Kier alpha value is -1.89. The highest BCUT2D eigenvalue weighted by Gasteiger charge is 2.47. The first-order chi connectivity index (χ1) is 11.6. The van der Waals surface area contributed by atoms with E-state index in [1.807, 2.05) is 30.3 Å². The van der Waals surface area contributed by atoms with E-state index >= 15 is 0 Å². The normalized spacial score (nSPS) is 19.0. The summed E-state index contributed by atoms with van der Waals surface area (Å²) in [6.07, 6.45) is -0.779. The first-order valence-corrected chi connectivity index (χ1v) is 8.18. The number of ketones is 1. The maximum absolute atomic E-state index is 12.8. The van der Waals surface area contributed by atoms with E-state index in [1.54, 1.807) is 19.2 Å². The lowest BCUT2D eigenvalue weighted by molar-refractivity contribution is 0.0501. The minimum atomic E-state index is -0.517. The Kier molecular flexibility index (Phi) is 5.18. The van der Waals surface area contributed by atoms with Gasteiger partial charge in [0.15, 0.2) is 18.7 Å². The van der Waals surface area contributed by atoms with Crippen LogP contribution in [0.3, 0.4) is 0 Å². The maximum atomic E-state index is 12.8. The van der Waals surface area contributed by atoms with Crippen LogP contribution >= 0.6 is 15.9 Å². The summed E-state index contributed by atoms with van der Waals surface area (Å²) in [4.78, 5) is 12.8. The summed E-state index contributed by atoms with van der Waals surface area (Å²) in [5.41, 5.74) is 1.39. The van der Waals surface area contributed by atoms with Crippen molar-refractivity contribution in [1.29, 1.82) is 0 Å². The molecule has 1 aliphatic rings. The molecule has 1 aliphatic heterocycles. The molecule has 6 heteroatoms. The van der Waals surface area contributed by atoms with Crippen LogP contribution in [0, 0.1) is 0 Å². The van der Waals surface area contributed by atoms with E-state index in [-0.39, 0.29) is 18.7 Å². The molecule has 0 aliphatic carbocycles. The average Bonchev–Trinajstić information content (AvgIpc) is 3.41. The van der Waals surface area contributed by atoms with Crippen molar-refractivity contribution >= 4 is 21.7 Å². The number of ether oxygens (including phenoxy) is 4. The summed E-state index contributed by atoms with van der Waals surface area (Å²) < 4.78 is 22.0. The van der Waals surface area contributed by atoms with Gasteiger partial charge in [-0.25, -0.2) is 0 Å². The van der Waals surface area contributed by atoms with E-state index in [1.165, 1.54) is 7.11 Å². The molecule has 2 aromatic rings.